The van der Waals surface area contributed by atoms with Crippen molar-refractivity contribution in [2.45, 2.75) is 30.9 Å². The van der Waals surface area contributed by atoms with Gasteiger partial charge >= 0.3 is 0 Å². The Hall–Kier alpha value is -2.34. The third-order valence-electron chi connectivity index (χ3n) is 3.31. The number of hydrogen-bond acceptors (Lipinski definition) is 4. The number of nitro groups is 1. The van der Waals surface area contributed by atoms with E-state index in [1.807, 2.05) is 31.2 Å². The van der Waals surface area contributed by atoms with Crippen LogP contribution in [0.15, 0.2) is 47.4 Å². The molecule has 0 aliphatic heterocycles. The minimum absolute atomic E-state index is 0.0918. The van der Waals surface area contributed by atoms with Gasteiger partial charge in [-0.25, -0.2) is 0 Å². The lowest BCUT2D eigenvalue weighted by molar-refractivity contribution is -0.384. The molecule has 0 saturated heterocycles. The van der Waals surface area contributed by atoms with Gasteiger partial charge in [0.25, 0.3) is 5.69 Å². The van der Waals surface area contributed by atoms with Crippen LogP contribution in [0.3, 0.4) is 0 Å². The van der Waals surface area contributed by atoms with Crippen molar-refractivity contribution in [1.82, 2.24) is 0 Å². The molecule has 0 bridgehead atoms. The fourth-order valence-electron chi connectivity index (χ4n) is 2.01. The number of carbonyl (C=O) groups excluding carboxylic acids is 1. The van der Waals surface area contributed by atoms with Gasteiger partial charge in [0.2, 0.25) is 5.91 Å². The zero-order valence-corrected chi connectivity index (χ0v) is 14.0. The van der Waals surface area contributed by atoms with Gasteiger partial charge in [-0.2, -0.15) is 0 Å². The van der Waals surface area contributed by atoms with Crippen molar-refractivity contribution in [3.05, 3.63) is 63.7 Å². The molecule has 2 aromatic rings. The van der Waals surface area contributed by atoms with Crippen LogP contribution in [0.4, 0.5) is 11.4 Å². The summed E-state index contributed by atoms with van der Waals surface area (Å²) in [5.41, 5.74) is 2.06. The number of thioether (sulfide) groups is 1. The van der Waals surface area contributed by atoms with Crippen LogP contribution < -0.4 is 5.32 Å². The molecular weight excluding hydrogens is 312 g/mol. The Morgan fingerprint density at radius 3 is 2.35 bits per heavy atom. The summed E-state index contributed by atoms with van der Waals surface area (Å²) in [5, 5.41) is 13.4. The maximum absolute atomic E-state index is 12.3. The van der Waals surface area contributed by atoms with Gasteiger partial charge in [0.05, 0.1) is 10.2 Å². The topological polar surface area (TPSA) is 72.2 Å². The fraction of sp³-hybridized carbons (Fsp3) is 0.235. The van der Waals surface area contributed by atoms with Crippen LogP contribution in [-0.2, 0) is 4.79 Å². The highest BCUT2D eigenvalue weighted by atomic mass is 32.2. The molecule has 0 spiro atoms. The first-order valence-electron chi connectivity index (χ1n) is 7.16. The standard InChI is InChI=1S/C17H18N2O3S/c1-11-4-7-14(8-5-11)23-13(3)17(20)18-15-9-6-12(2)10-16(15)19(21)22/h4-10,13H,1-3H3,(H,18,20)/t13-/m0/s1. The number of amides is 1. The number of anilines is 1. The molecule has 6 heteroatoms. The van der Waals surface area contributed by atoms with Crippen molar-refractivity contribution in [2.75, 3.05) is 5.32 Å². The third kappa shape index (κ3) is 4.56. The highest BCUT2D eigenvalue weighted by Gasteiger charge is 2.20. The second-order valence-electron chi connectivity index (χ2n) is 5.34. The van der Waals surface area contributed by atoms with Gasteiger partial charge in [-0.1, -0.05) is 23.8 Å². The van der Waals surface area contributed by atoms with Gasteiger partial charge in [-0.05, 0) is 44.5 Å². The maximum Gasteiger partial charge on any atom is 0.293 e. The van der Waals surface area contributed by atoms with E-state index in [1.54, 1.807) is 26.0 Å². The van der Waals surface area contributed by atoms with E-state index in [2.05, 4.69) is 5.32 Å². The fourth-order valence-corrected chi connectivity index (χ4v) is 2.87. The minimum atomic E-state index is -0.486. The van der Waals surface area contributed by atoms with Crippen molar-refractivity contribution in [3.63, 3.8) is 0 Å². The Morgan fingerprint density at radius 1 is 1.13 bits per heavy atom. The average Bonchev–Trinajstić information content (AvgIpc) is 2.51. The molecule has 0 fully saturated rings. The Balaban J connectivity index is 2.09. The molecule has 23 heavy (non-hydrogen) atoms. The molecule has 2 rings (SSSR count). The summed E-state index contributed by atoms with van der Waals surface area (Å²) in [4.78, 5) is 23.9. The first-order chi connectivity index (χ1) is 10.9. The quantitative estimate of drug-likeness (QED) is 0.503. The zero-order chi connectivity index (χ0) is 17.0. The molecule has 5 nitrogen and oxygen atoms in total. The van der Waals surface area contributed by atoms with Crippen LogP contribution in [0.5, 0.6) is 0 Å². The molecule has 1 atom stereocenters. The molecule has 0 aromatic heterocycles. The van der Waals surface area contributed by atoms with Gasteiger partial charge in [0.15, 0.2) is 0 Å². The number of hydrogen-bond donors (Lipinski definition) is 1. The summed E-state index contributed by atoms with van der Waals surface area (Å²) >= 11 is 1.42. The van der Waals surface area contributed by atoms with Gasteiger partial charge in [0.1, 0.15) is 5.69 Å². The Morgan fingerprint density at radius 2 is 1.74 bits per heavy atom. The molecule has 0 radical (unpaired) electrons. The van der Waals surface area contributed by atoms with Crippen molar-refractivity contribution < 1.29 is 9.72 Å². The van der Waals surface area contributed by atoms with E-state index in [0.29, 0.717) is 0 Å². The summed E-state index contributed by atoms with van der Waals surface area (Å²) in [6.45, 7) is 5.55. The van der Waals surface area contributed by atoms with Crippen LogP contribution in [0.1, 0.15) is 18.1 Å². The number of nitrogens with one attached hydrogen (secondary N) is 1. The van der Waals surface area contributed by atoms with E-state index in [4.69, 9.17) is 0 Å². The molecule has 120 valence electrons. The lowest BCUT2D eigenvalue weighted by atomic mass is 10.2. The third-order valence-corrected chi connectivity index (χ3v) is 4.42. The monoisotopic (exact) mass is 330 g/mol. The molecule has 0 saturated carbocycles. The van der Waals surface area contributed by atoms with Crippen molar-refractivity contribution in [3.8, 4) is 0 Å². The molecule has 1 N–H and O–H groups in total. The normalized spacial score (nSPS) is 11.8. The number of benzene rings is 2. The summed E-state index contributed by atoms with van der Waals surface area (Å²) in [6.07, 6.45) is 0. The summed E-state index contributed by atoms with van der Waals surface area (Å²) in [7, 11) is 0. The predicted octanol–water partition coefficient (Wildman–Crippen LogP) is 4.33. The number of rotatable bonds is 5. The van der Waals surface area contributed by atoms with Crippen LogP contribution in [-0.4, -0.2) is 16.1 Å². The van der Waals surface area contributed by atoms with Crippen molar-refractivity contribution in [2.24, 2.45) is 0 Å². The summed E-state index contributed by atoms with van der Waals surface area (Å²) in [5.74, 6) is -0.262. The average molecular weight is 330 g/mol. The van der Waals surface area contributed by atoms with E-state index in [9.17, 15) is 14.9 Å². The van der Waals surface area contributed by atoms with Crippen LogP contribution in [0, 0.1) is 24.0 Å². The minimum Gasteiger partial charge on any atom is -0.319 e. The molecular formula is C17H18N2O3S. The first kappa shape index (κ1) is 17.0. The molecule has 0 aliphatic rings. The molecule has 0 aliphatic carbocycles. The zero-order valence-electron chi connectivity index (χ0n) is 13.2. The van der Waals surface area contributed by atoms with E-state index in [-0.39, 0.29) is 22.5 Å². The second kappa shape index (κ2) is 7.28. The number of nitrogens with zero attached hydrogens (tertiary/aromatic N) is 1. The van der Waals surface area contributed by atoms with Gasteiger partial charge in [-0.3, -0.25) is 14.9 Å². The predicted molar refractivity (Wildman–Crippen MR) is 93.0 cm³/mol. The highest BCUT2D eigenvalue weighted by Crippen LogP contribution is 2.28. The summed E-state index contributed by atoms with van der Waals surface area (Å²) < 4.78 is 0. The maximum atomic E-state index is 12.3. The van der Waals surface area contributed by atoms with Gasteiger partial charge < -0.3 is 5.32 Å². The molecule has 1 amide bonds. The lowest BCUT2D eigenvalue weighted by Gasteiger charge is -2.12. The van der Waals surface area contributed by atoms with Gasteiger partial charge in [-0.15, -0.1) is 11.8 Å². The smallest absolute Gasteiger partial charge is 0.293 e. The Bertz CT molecular complexity index is 729. The van der Waals surface area contributed by atoms with E-state index in [1.165, 1.54) is 17.8 Å². The molecule has 0 heterocycles. The summed E-state index contributed by atoms with van der Waals surface area (Å²) in [6, 6.07) is 12.6. The number of aryl methyl sites for hydroxylation is 2. The second-order valence-corrected chi connectivity index (χ2v) is 6.75. The van der Waals surface area contributed by atoms with E-state index < -0.39 is 4.92 Å². The lowest BCUT2D eigenvalue weighted by Crippen LogP contribution is -2.22. The number of carbonyl (C=O) groups is 1. The SMILES string of the molecule is Cc1ccc(S[C@@H](C)C(=O)Nc2ccc(C)cc2[N+](=O)[O-])cc1. The molecule has 0 unspecified atom stereocenters. The number of nitro benzene ring substituents is 1. The Kier molecular flexibility index (Phi) is 5.39. The van der Waals surface area contributed by atoms with Crippen LogP contribution >= 0.6 is 11.8 Å². The largest absolute Gasteiger partial charge is 0.319 e. The van der Waals surface area contributed by atoms with Crippen LogP contribution in [0.25, 0.3) is 0 Å². The van der Waals surface area contributed by atoms with E-state index >= 15 is 0 Å². The van der Waals surface area contributed by atoms with Gasteiger partial charge in [0, 0.05) is 11.0 Å². The van der Waals surface area contributed by atoms with Crippen molar-refractivity contribution >= 4 is 29.0 Å². The van der Waals surface area contributed by atoms with Crippen molar-refractivity contribution in [1.29, 1.82) is 0 Å². The highest BCUT2D eigenvalue weighted by molar-refractivity contribution is 8.00. The molecule has 2 aromatic carbocycles. The van der Waals surface area contributed by atoms with Crippen LogP contribution in [0.2, 0.25) is 0 Å². The van der Waals surface area contributed by atoms with E-state index in [0.717, 1.165) is 16.0 Å². The first-order valence-corrected chi connectivity index (χ1v) is 8.04. The Labute approximate surface area is 139 Å².